The number of sulfonamides is 1. The average Bonchev–Trinajstić information content (AvgIpc) is 2.91. The van der Waals surface area contributed by atoms with Crippen molar-refractivity contribution in [2.24, 2.45) is 0 Å². The van der Waals surface area contributed by atoms with Crippen molar-refractivity contribution in [1.29, 1.82) is 0 Å². The maximum Gasteiger partial charge on any atom is 0.263 e. The number of nitrogens with zero attached hydrogens (tertiary/aromatic N) is 2. The van der Waals surface area contributed by atoms with Gasteiger partial charge >= 0.3 is 0 Å². The van der Waals surface area contributed by atoms with Crippen LogP contribution in [-0.2, 0) is 10.0 Å². The molecule has 0 aliphatic rings. The van der Waals surface area contributed by atoms with Crippen molar-refractivity contribution < 1.29 is 8.42 Å². The van der Waals surface area contributed by atoms with Gasteiger partial charge in [0.05, 0.1) is 11.1 Å². The minimum absolute atomic E-state index is 0.177. The van der Waals surface area contributed by atoms with Gasteiger partial charge in [-0.05, 0) is 12.1 Å². The smallest absolute Gasteiger partial charge is 0.263 e. The Labute approximate surface area is 119 Å². The molecule has 1 aromatic heterocycles. The first-order valence-corrected chi connectivity index (χ1v) is 7.91. The van der Waals surface area contributed by atoms with Crippen LogP contribution in [0.5, 0.6) is 0 Å². The second-order valence-corrected chi connectivity index (χ2v) is 6.52. The zero-order chi connectivity index (χ0) is 14.2. The molecule has 20 heavy (non-hydrogen) atoms. The van der Waals surface area contributed by atoms with E-state index in [4.69, 9.17) is 5.73 Å². The molecule has 0 aliphatic carbocycles. The summed E-state index contributed by atoms with van der Waals surface area (Å²) in [5.74, 6) is 0. The highest BCUT2D eigenvalue weighted by molar-refractivity contribution is 7.93. The highest BCUT2D eigenvalue weighted by Crippen LogP contribution is 2.29. The third-order valence-corrected chi connectivity index (χ3v) is 4.94. The zero-order valence-electron chi connectivity index (χ0n) is 10.1. The van der Waals surface area contributed by atoms with E-state index in [1.54, 1.807) is 24.3 Å². The van der Waals surface area contributed by atoms with Gasteiger partial charge in [-0.2, -0.15) is 0 Å². The molecule has 0 unspecified atom stereocenters. The molecular weight excluding hydrogens is 296 g/mol. The first-order valence-electron chi connectivity index (χ1n) is 5.65. The van der Waals surface area contributed by atoms with Gasteiger partial charge in [0.15, 0.2) is 0 Å². The molecule has 3 rings (SSSR count). The fourth-order valence-corrected chi connectivity index (χ4v) is 3.83. The first-order chi connectivity index (χ1) is 9.58. The number of fused-ring (bicyclic) bond motifs is 1. The van der Waals surface area contributed by atoms with E-state index >= 15 is 0 Å². The van der Waals surface area contributed by atoms with Crippen LogP contribution in [0.1, 0.15) is 0 Å². The van der Waals surface area contributed by atoms with E-state index in [2.05, 4.69) is 14.3 Å². The molecule has 0 saturated carbocycles. The van der Waals surface area contributed by atoms with E-state index in [0.29, 0.717) is 21.5 Å². The topological polar surface area (TPSA) is 98.0 Å². The molecule has 0 radical (unpaired) electrons. The van der Waals surface area contributed by atoms with Gasteiger partial charge in [0.25, 0.3) is 10.0 Å². The van der Waals surface area contributed by atoms with Gasteiger partial charge in [0.2, 0.25) is 0 Å². The number of benzene rings is 2. The molecule has 6 nitrogen and oxygen atoms in total. The molecule has 1 heterocycles. The summed E-state index contributed by atoms with van der Waals surface area (Å²) < 4.78 is 30.9. The molecule has 2 aromatic carbocycles. The van der Waals surface area contributed by atoms with Crippen molar-refractivity contribution in [3.05, 3.63) is 42.6 Å². The predicted molar refractivity (Wildman–Crippen MR) is 79.1 cm³/mol. The highest BCUT2D eigenvalue weighted by Gasteiger charge is 2.19. The lowest BCUT2D eigenvalue weighted by atomic mass is 10.1. The number of nitrogens with one attached hydrogen (secondary N) is 1. The maximum absolute atomic E-state index is 12.4. The van der Waals surface area contributed by atoms with E-state index in [-0.39, 0.29) is 4.90 Å². The Kier molecular flexibility index (Phi) is 3.03. The number of anilines is 2. The van der Waals surface area contributed by atoms with E-state index in [1.807, 2.05) is 6.07 Å². The van der Waals surface area contributed by atoms with Crippen LogP contribution in [0.4, 0.5) is 10.7 Å². The third-order valence-electron chi connectivity index (χ3n) is 2.80. The summed E-state index contributed by atoms with van der Waals surface area (Å²) in [5, 5.41) is 5.25. The van der Waals surface area contributed by atoms with Gasteiger partial charge in [0, 0.05) is 28.0 Å². The molecule has 0 fully saturated rings. The average molecular weight is 306 g/mol. The quantitative estimate of drug-likeness (QED) is 0.722. The van der Waals surface area contributed by atoms with Crippen molar-refractivity contribution in [3.8, 4) is 0 Å². The van der Waals surface area contributed by atoms with Crippen molar-refractivity contribution in [1.82, 2.24) is 9.59 Å². The molecule has 0 spiro atoms. The Bertz CT molecular complexity index is 860. The Morgan fingerprint density at radius 2 is 1.85 bits per heavy atom. The number of rotatable bonds is 3. The van der Waals surface area contributed by atoms with Crippen LogP contribution in [0.25, 0.3) is 10.8 Å². The van der Waals surface area contributed by atoms with Crippen LogP contribution in [0, 0.1) is 0 Å². The number of hydrogen-bond donors (Lipinski definition) is 2. The summed E-state index contributed by atoms with van der Waals surface area (Å²) in [7, 11) is -3.70. The van der Waals surface area contributed by atoms with Gasteiger partial charge in [-0.1, -0.05) is 28.8 Å². The van der Waals surface area contributed by atoms with Crippen LogP contribution >= 0.6 is 11.5 Å². The number of nitrogen functional groups attached to an aromatic ring is 1. The summed E-state index contributed by atoms with van der Waals surface area (Å²) in [6.45, 7) is 0. The van der Waals surface area contributed by atoms with Crippen molar-refractivity contribution in [3.63, 3.8) is 0 Å². The predicted octanol–water partition coefficient (Wildman–Crippen LogP) is 2.07. The van der Waals surface area contributed by atoms with E-state index in [0.717, 1.165) is 11.5 Å². The van der Waals surface area contributed by atoms with Crippen LogP contribution in [-0.4, -0.2) is 18.0 Å². The number of nitrogens with two attached hydrogens (primary N) is 1. The lowest BCUT2D eigenvalue weighted by molar-refractivity contribution is 0.602. The van der Waals surface area contributed by atoms with E-state index in [9.17, 15) is 8.42 Å². The maximum atomic E-state index is 12.4. The molecule has 0 saturated heterocycles. The standard InChI is InChI=1S/C12H10N4O2S2/c13-10-5-6-11(9-4-2-1-3-8(9)10)20(17,18)15-12-7-14-16-19-12/h1-7,15H,13H2. The summed E-state index contributed by atoms with van der Waals surface area (Å²) in [4.78, 5) is 0.177. The summed E-state index contributed by atoms with van der Waals surface area (Å²) >= 11 is 0.977. The van der Waals surface area contributed by atoms with Gasteiger partial charge in [-0.15, -0.1) is 5.10 Å². The monoisotopic (exact) mass is 306 g/mol. The van der Waals surface area contributed by atoms with E-state index in [1.165, 1.54) is 12.3 Å². The lowest BCUT2D eigenvalue weighted by Gasteiger charge is -2.10. The van der Waals surface area contributed by atoms with Gasteiger partial charge in [-0.25, -0.2) is 8.42 Å². The molecule has 3 N–H and O–H groups in total. The third kappa shape index (κ3) is 2.19. The Morgan fingerprint density at radius 1 is 1.10 bits per heavy atom. The molecule has 3 aromatic rings. The largest absolute Gasteiger partial charge is 0.398 e. The first kappa shape index (κ1) is 12.8. The van der Waals surface area contributed by atoms with Crippen molar-refractivity contribution in [2.75, 3.05) is 10.5 Å². The molecule has 8 heteroatoms. The Morgan fingerprint density at radius 3 is 2.55 bits per heavy atom. The molecule has 0 amide bonds. The fraction of sp³-hybridized carbons (Fsp3) is 0. The van der Waals surface area contributed by atoms with Crippen molar-refractivity contribution >= 4 is 43.0 Å². The molecule has 0 aliphatic heterocycles. The number of hydrogen-bond acceptors (Lipinski definition) is 6. The zero-order valence-corrected chi connectivity index (χ0v) is 11.8. The van der Waals surface area contributed by atoms with Crippen LogP contribution < -0.4 is 10.5 Å². The second-order valence-electron chi connectivity index (χ2n) is 4.09. The van der Waals surface area contributed by atoms with Crippen LogP contribution in [0.3, 0.4) is 0 Å². The lowest BCUT2D eigenvalue weighted by Crippen LogP contribution is -2.12. The van der Waals surface area contributed by atoms with Gasteiger partial charge in [0.1, 0.15) is 5.00 Å². The minimum atomic E-state index is -3.70. The number of aromatic nitrogens is 2. The molecule has 0 bridgehead atoms. The van der Waals surface area contributed by atoms with Crippen LogP contribution in [0.15, 0.2) is 47.5 Å². The Balaban J connectivity index is 2.17. The Hall–Kier alpha value is -2.19. The SMILES string of the molecule is Nc1ccc(S(=O)(=O)Nc2cnns2)c2ccccc12. The van der Waals surface area contributed by atoms with Crippen LogP contribution in [0.2, 0.25) is 0 Å². The summed E-state index contributed by atoms with van der Waals surface area (Å²) in [6.07, 6.45) is 1.36. The van der Waals surface area contributed by atoms with Gasteiger partial charge in [-0.3, -0.25) is 4.72 Å². The van der Waals surface area contributed by atoms with E-state index < -0.39 is 10.0 Å². The normalized spacial score (nSPS) is 11.6. The second kappa shape index (κ2) is 4.73. The summed E-state index contributed by atoms with van der Waals surface area (Å²) in [6, 6.07) is 10.2. The molecule has 102 valence electrons. The fourth-order valence-electron chi connectivity index (χ4n) is 1.93. The molecular formula is C12H10N4O2S2. The van der Waals surface area contributed by atoms with Crippen molar-refractivity contribution in [2.45, 2.75) is 4.90 Å². The molecule has 0 atom stereocenters. The minimum Gasteiger partial charge on any atom is -0.398 e. The summed E-state index contributed by atoms with van der Waals surface area (Å²) in [5.41, 5.74) is 6.41. The van der Waals surface area contributed by atoms with Gasteiger partial charge < -0.3 is 5.73 Å². The highest BCUT2D eigenvalue weighted by atomic mass is 32.2.